The third-order valence-corrected chi connectivity index (χ3v) is 2.10. The Morgan fingerprint density at radius 3 is 2.91 bits per heavy atom. The van der Waals surface area contributed by atoms with Gasteiger partial charge in [0.25, 0.3) is 0 Å². The van der Waals surface area contributed by atoms with Gasteiger partial charge < -0.3 is 5.11 Å². The summed E-state index contributed by atoms with van der Waals surface area (Å²) in [6, 6.07) is 1.94. The Morgan fingerprint density at radius 1 is 1.82 bits per heavy atom. The SMILES string of the molecule is Cc1nsc(C(C#N)CO)n1. The van der Waals surface area contributed by atoms with Crippen molar-refractivity contribution in [2.45, 2.75) is 12.8 Å². The van der Waals surface area contributed by atoms with Crippen LogP contribution < -0.4 is 0 Å². The first kappa shape index (κ1) is 8.11. The second kappa shape index (κ2) is 3.42. The molecule has 1 aromatic heterocycles. The first-order valence-corrected chi connectivity index (χ1v) is 3.86. The molecule has 58 valence electrons. The summed E-state index contributed by atoms with van der Waals surface area (Å²) in [7, 11) is 0. The Hall–Kier alpha value is -0.990. The van der Waals surface area contributed by atoms with Gasteiger partial charge in [-0.3, -0.25) is 0 Å². The van der Waals surface area contributed by atoms with Crippen molar-refractivity contribution in [1.29, 1.82) is 5.26 Å². The molecule has 0 aromatic carbocycles. The molecule has 1 atom stereocenters. The number of nitrogens with zero attached hydrogens (tertiary/aromatic N) is 3. The lowest BCUT2D eigenvalue weighted by Crippen LogP contribution is -1.99. The summed E-state index contributed by atoms with van der Waals surface area (Å²) in [5, 5.41) is 17.8. The first-order chi connectivity index (χ1) is 5.27. The van der Waals surface area contributed by atoms with Crippen LogP contribution in [0.3, 0.4) is 0 Å². The van der Waals surface area contributed by atoms with E-state index in [0.29, 0.717) is 10.8 Å². The van der Waals surface area contributed by atoms with Gasteiger partial charge >= 0.3 is 0 Å². The summed E-state index contributed by atoms with van der Waals surface area (Å²) < 4.78 is 3.90. The van der Waals surface area contributed by atoms with Crippen LogP contribution in [0, 0.1) is 18.3 Å². The van der Waals surface area contributed by atoms with Crippen LogP contribution in [0.4, 0.5) is 0 Å². The van der Waals surface area contributed by atoms with Crippen LogP contribution in [-0.2, 0) is 0 Å². The molecular weight excluding hydrogens is 162 g/mol. The second-order valence-corrected chi connectivity index (χ2v) is 2.83. The Kier molecular flexibility index (Phi) is 2.52. The zero-order valence-electron chi connectivity index (χ0n) is 5.98. The molecular formula is C6H7N3OS. The summed E-state index contributed by atoms with van der Waals surface area (Å²) >= 11 is 1.16. The van der Waals surface area contributed by atoms with Crippen molar-refractivity contribution >= 4 is 11.5 Å². The lowest BCUT2D eigenvalue weighted by atomic mass is 10.2. The van der Waals surface area contributed by atoms with Gasteiger partial charge in [0.05, 0.1) is 12.7 Å². The van der Waals surface area contributed by atoms with Crippen LogP contribution in [0.2, 0.25) is 0 Å². The maximum absolute atomic E-state index is 8.71. The zero-order chi connectivity index (χ0) is 8.27. The molecule has 11 heavy (non-hydrogen) atoms. The molecule has 0 bridgehead atoms. The topological polar surface area (TPSA) is 69.8 Å². The van der Waals surface area contributed by atoms with Crippen molar-refractivity contribution in [2.24, 2.45) is 0 Å². The van der Waals surface area contributed by atoms with E-state index in [1.165, 1.54) is 0 Å². The standard InChI is InChI=1S/C6H7N3OS/c1-4-8-6(11-9-4)5(2-7)3-10/h5,10H,3H2,1H3. The van der Waals surface area contributed by atoms with Crippen LogP contribution >= 0.6 is 11.5 Å². The lowest BCUT2D eigenvalue weighted by Gasteiger charge is -1.96. The Labute approximate surface area is 68.3 Å². The summed E-state index contributed by atoms with van der Waals surface area (Å²) in [6.07, 6.45) is 0. The van der Waals surface area contributed by atoms with E-state index in [-0.39, 0.29) is 6.61 Å². The number of hydrogen-bond donors (Lipinski definition) is 1. The Balaban J connectivity index is 2.84. The maximum Gasteiger partial charge on any atom is 0.139 e. The van der Waals surface area contributed by atoms with E-state index in [1.807, 2.05) is 6.07 Å². The van der Waals surface area contributed by atoms with Crippen molar-refractivity contribution in [3.8, 4) is 6.07 Å². The van der Waals surface area contributed by atoms with Gasteiger partial charge in [-0.05, 0) is 18.5 Å². The predicted octanol–water partition coefficient (Wildman–Crippen LogP) is 0.446. The van der Waals surface area contributed by atoms with Gasteiger partial charge in [-0.1, -0.05) is 0 Å². The fourth-order valence-corrected chi connectivity index (χ4v) is 1.32. The van der Waals surface area contributed by atoms with Crippen molar-refractivity contribution in [2.75, 3.05) is 6.61 Å². The molecule has 0 saturated heterocycles. The highest BCUT2D eigenvalue weighted by atomic mass is 32.1. The number of aliphatic hydroxyl groups excluding tert-OH is 1. The minimum absolute atomic E-state index is 0.189. The van der Waals surface area contributed by atoms with E-state index >= 15 is 0 Å². The highest BCUT2D eigenvalue weighted by molar-refractivity contribution is 7.05. The van der Waals surface area contributed by atoms with Crippen LogP contribution in [0.5, 0.6) is 0 Å². The van der Waals surface area contributed by atoms with Crippen molar-refractivity contribution in [3.63, 3.8) is 0 Å². The molecule has 0 saturated carbocycles. The van der Waals surface area contributed by atoms with Crippen molar-refractivity contribution < 1.29 is 5.11 Å². The van der Waals surface area contributed by atoms with Crippen LogP contribution in [0.1, 0.15) is 16.7 Å². The van der Waals surface area contributed by atoms with E-state index in [0.717, 1.165) is 11.5 Å². The number of aromatic nitrogens is 2. The molecule has 0 fully saturated rings. The number of hydrogen-bond acceptors (Lipinski definition) is 5. The van der Waals surface area contributed by atoms with E-state index in [1.54, 1.807) is 6.92 Å². The molecule has 0 aliphatic rings. The molecule has 1 N–H and O–H groups in total. The second-order valence-electron chi connectivity index (χ2n) is 2.04. The molecule has 5 heteroatoms. The average Bonchev–Trinajstić information content (AvgIpc) is 2.39. The van der Waals surface area contributed by atoms with Gasteiger partial charge in [-0.15, -0.1) is 0 Å². The molecule has 1 aromatic rings. The molecule has 0 amide bonds. The highest BCUT2D eigenvalue weighted by Crippen LogP contribution is 2.15. The minimum Gasteiger partial charge on any atom is -0.395 e. The van der Waals surface area contributed by atoms with Gasteiger partial charge in [0, 0.05) is 0 Å². The summed E-state index contributed by atoms with van der Waals surface area (Å²) in [5.41, 5.74) is 0. The number of aliphatic hydroxyl groups is 1. The number of aryl methyl sites for hydroxylation is 1. The van der Waals surface area contributed by atoms with E-state index in [9.17, 15) is 0 Å². The maximum atomic E-state index is 8.71. The summed E-state index contributed by atoms with van der Waals surface area (Å²) in [5.74, 6) is 0.139. The fourth-order valence-electron chi connectivity index (χ4n) is 0.629. The zero-order valence-corrected chi connectivity index (χ0v) is 6.80. The minimum atomic E-state index is -0.513. The predicted molar refractivity (Wildman–Crippen MR) is 40.1 cm³/mol. The van der Waals surface area contributed by atoms with Gasteiger partial charge in [-0.2, -0.15) is 9.64 Å². The average molecular weight is 169 g/mol. The van der Waals surface area contributed by atoms with Crippen LogP contribution in [-0.4, -0.2) is 21.1 Å². The number of rotatable bonds is 2. The molecule has 0 radical (unpaired) electrons. The van der Waals surface area contributed by atoms with Gasteiger partial charge in [0.2, 0.25) is 0 Å². The Bertz CT molecular complexity index is 278. The lowest BCUT2D eigenvalue weighted by molar-refractivity contribution is 0.285. The molecule has 1 rings (SSSR count). The molecule has 1 heterocycles. The fraction of sp³-hybridized carbons (Fsp3) is 0.500. The molecule has 1 unspecified atom stereocenters. The third-order valence-electron chi connectivity index (χ3n) is 1.18. The molecule has 4 nitrogen and oxygen atoms in total. The highest BCUT2D eigenvalue weighted by Gasteiger charge is 2.13. The van der Waals surface area contributed by atoms with Gasteiger partial charge in [-0.25, -0.2) is 4.98 Å². The first-order valence-electron chi connectivity index (χ1n) is 3.08. The molecule has 0 aliphatic carbocycles. The van der Waals surface area contributed by atoms with Crippen LogP contribution in [0.15, 0.2) is 0 Å². The summed E-state index contributed by atoms with van der Waals surface area (Å²) in [6.45, 7) is 1.57. The summed E-state index contributed by atoms with van der Waals surface area (Å²) in [4.78, 5) is 3.98. The monoisotopic (exact) mass is 169 g/mol. The Morgan fingerprint density at radius 2 is 2.55 bits per heavy atom. The molecule has 0 aliphatic heterocycles. The van der Waals surface area contributed by atoms with Crippen molar-refractivity contribution in [3.05, 3.63) is 10.8 Å². The normalized spacial score (nSPS) is 12.5. The quantitative estimate of drug-likeness (QED) is 0.697. The van der Waals surface area contributed by atoms with E-state index in [4.69, 9.17) is 10.4 Å². The van der Waals surface area contributed by atoms with Crippen LogP contribution in [0.25, 0.3) is 0 Å². The van der Waals surface area contributed by atoms with Crippen molar-refractivity contribution in [1.82, 2.24) is 9.36 Å². The third kappa shape index (κ3) is 1.73. The molecule has 0 spiro atoms. The van der Waals surface area contributed by atoms with Gasteiger partial charge in [0.1, 0.15) is 16.7 Å². The number of nitriles is 1. The largest absolute Gasteiger partial charge is 0.395 e. The smallest absolute Gasteiger partial charge is 0.139 e. The van der Waals surface area contributed by atoms with E-state index in [2.05, 4.69) is 9.36 Å². The van der Waals surface area contributed by atoms with E-state index < -0.39 is 5.92 Å². The van der Waals surface area contributed by atoms with Gasteiger partial charge in [0.15, 0.2) is 0 Å².